The van der Waals surface area contributed by atoms with Crippen LogP contribution in [0.2, 0.25) is 0 Å². The summed E-state index contributed by atoms with van der Waals surface area (Å²) in [7, 11) is 0. The van der Waals surface area contributed by atoms with Crippen LogP contribution >= 0.6 is 0 Å². The second-order valence-corrected chi connectivity index (χ2v) is 3.41. The summed E-state index contributed by atoms with van der Waals surface area (Å²) in [6.07, 6.45) is 0. The van der Waals surface area contributed by atoms with Crippen molar-refractivity contribution in [1.82, 2.24) is 10.2 Å². The Bertz CT molecular complexity index is 530. The Morgan fingerprint density at radius 1 is 1.44 bits per heavy atom. The molecule has 0 saturated carbocycles. The number of rotatable bonds is 5. The van der Waals surface area contributed by atoms with Crippen molar-refractivity contribution >= 4 is 11.7 Å². The van der Waals surface area contributed by atoms with Gasteiger partial charge in [-0.3, -0.25) is 0 Å². The van der Waals surface area contributed by atoms with Crippen molar-refractivity contribution in [2.24, 2.45) is 5.73 Å². The normalized spacial score (nSPS) is 10.4. The molecule has 3 N–H and O–H groups in total. The summed E-state index contributed by atoms with van der Waals surface area (Å²) >= 11 is 0. The molecule has 96 valence electrons. The molecule has 2 aromatic rings. The fraction of sp³-hybridized carbons (Fsp3) is 0.273. The quantitative estimate of drug-likeness (QED) is 0.844. The fourth-order valence-electron chi connectivity index (χ4n) is 1.36. The third kappa shape index (κ3) is 2.75. The lowest BCUT2D eigenvalue weighted by molar-refractivity contribution is 0.321. The minimum absolute atomic E-state index is 0.159. The first-order valence-electron chi connectivity index (χ1n) is 5.44. The summed E-state index contributed by atoms with van der Waals surface area (Å²) in [5.41, 5.74) is 5.82. The Labute approximate surface area is 103 Å². The molecular weight excluding hydrogens is 239 g/mol. The molecular formula is C11H13FN4O2. The first kappa shape index (κ1) is 12.3. The van der Waals surface area contributed by atoms with Gasteiger partial charge < -0.3 is 20.2 Å². The van der Waals surface area contributed by atoms with E-state index in [4.69, 9.17) is 14.9 Å². The number of nitrogens with zero attached hydrogens (tertiary/aromatic N) is 2. The summed E-state index contributed by atoms with van der Waals surface area (Å²) in [6, 6.07) is 4.64. The topological polar surface area (TPSA) is 86.2 Å². The van der Waals surface area contributed by atoms with Crippen LogP contribution in [0.5, 0.6) is 5.75 Å². The lowest BCUT2D eigenvalue weighted by atomic mass is 10.3. The van der Waals surface area contributed by atoms with E-state index in [1.54, 1.807) is 13.0 Å². The highest BCUT2D eigenvalue weighted by Gasteiger charge is 2.07. The van der Waals surface area contributed by atoms with Gasteiger partial charge in [0.05, 0.1) is 13.2 Å². The highest BCUT2D eigenvalue weighted by atomic mass is 19.1. The van der Waals surface area contributed by atoms with Gasteiger partial charge in [-0.15, -0.1) is 5.10 Å². The number of aromatic nitrogens is 2. The maximum atomic E-state index is 13.6. The zero-order chi connectivity index (χ0) is 13.0. The lowest BCUT2D eigenvalue weighted by Crippen LogP contribution is -1.96. The molecule has 0 unspecified atom stereocenters. The van der Waals surface area contributed by atoms with Crippen molar-refractivity contribution in [1.29, 1.82) is 0 Å². The van der Waals surface area contributed by atoms with E-state index >= 15 is 0 Å². The Hall–Kier alpha value is -2.15. The molecule has 0 bridgehead atoms. The van der Waals surface area contributed by atoms with E-state index in [-0.39, 0.29) is 18.3 Å². The van der Waals surface area contributed by atoms with E-state index in [0.29, 0.717) is 18.2 Å². The highest BCUT2D eigenvalue weighted by Crippen LogP contribution is 2.23. The van der Waals surface area contributed by atoms with Crippen LogP contribution in [0.15, 0.2) is 22.6 Å². The van der Waals surface area contributed by atoms with Crippen LogP contribution < -0.4 is 15.8 Å². The molecule has 0 saturated heterocycles. The van der Waals surface area contributed by atoms with E-state index < -0.39 is 5.82 Å². The molecule has 6 nitrogen and oxygen atoms in total. The van der Waals surface area contributed by atoms with Crippen LogP contribution in [0.25, 0.3) is 0 Å². The number of halogens is 1. The number of nitrogens with one attached hydrogen (secondary N) is 1. The van der Waals surface area contributed by atoms with Gasteiger partial charge in [-0.2, -0.15) is 0 Å². The molecule has 0 aliphatic rings. The second-order valence-electron chi connectivity index (χ2n) is 3.41. The fourth-order valence-corrected chi connectivity index (χ4v) is 1.36. The number of ether oxygens (including phenoxy) is 1. The summed E-state index contributed by atoms with van der Waals surface area (Å²) in [4.78, 5) is 0. The molecule has 0 fully saturated rings. The summed E-state index contributed by atoms with van der Waals surface area (Å²) < 4.78 is 23.8. The van der Waals surface area contributed by atoms with E-state index in [1.807, 2.05) is 0 Å². The zero-order valence-corrected chi connectivity index (χ0v) is 9.81. The van der Waals surface area contributed by atoms with Gasteiger partial charge in [-0.1, -0.05) is 5.10 Å². The van der Waals surface area contributed by atoms with Crippen molar-refractivity contribution in [2.75, 3.05) is 11.9 Å². The smallest absolute Gasteiger partial charge is 0.320 e. The Morgan fingerprint density at radius 3 is 2.89 bits per heavy atom. The molecule has 0 spiro atoms. The molecule has 1 aromatic heterocycles. The molecule has 0 amide bonds. The molecule has 18 heavy (non-hydrogen) atoms. The van der Waals surface area contributed by atoms with Gasteiger partial charge in [-0.25, -0.2) is 4.39 Å². The van der Waals surface area contributed by atoms with Crippen LogP contribution in [0.1, 0.15) is 12.8 Å². The van der Waals surface area contributed by atoms with Gasteiger partial charge in [0.25, 0.3) is 0 Å². The summed E-state index contributed by atoms with van der Waals surface area (Å²) in [6.45, 7) is 2.36. The van der Waals surface area contributed by atoms with E-state index in [1.165, 1.54) is 12.1 Å². The Morgan fingerprint density at radius 2 is 2.28 bits per heavy atom. The molecule has 1 heterocycles. The third-order valence-electron chi connectivity index (χ3n) is 2.12. The predicted molar refractivity (Wildman–Crippen MR) is 63.0 cm³/mol. The SMILES string of the molecule is CCOc1ccc(Nc2nnc(CN)o2)cc1F. The molecule has 1 aromatic carbocycles. The third-order valence-corrected chi connectivity index (χ3v) is 2.12. The van der Waals surface area contributed by atoms with Crippen molar-refractivity contribution in [3.8, 4) is 5.75 Å². The highest BCUT2D eigenvalue weighted by molar-refractivity contribution is 5.53. The minimum Gasteiger partial charge on any atom is -0.491 e. The standard InChI is InChI=1S/C11H13FN4O2/c1-2-17-9-4-3-7(5-8(9)12)14-11-16-15-10(6-13)18-11/h3-5H,2,6,13H2,1H3,(H,14,16). The number of hydrogen-bond donors (Lipinski definition) is 2. The number of nitrogens with two attached hydrogens (primary N) is 1. The van der Waals surface area contributed by atoms with Crippen molar-refractivity contribution < 1.29 is 13.5 Å². The van der Waals surface area contributed by atoms with Gasteiger partial charge in [0.15, 0.2) is 11.6 Å². The Kier molecular flexibility index (Phi) is 3.73. The van der Waals surface area contributed by atoms with Crippen LogP contribution in [0.4, 0.5) is 16.1 Å². The number of benzene rings is 1. The van der Waals surface area contributed by atoms with Crippen LogP contribution in [0.3, 0.4) is 0 Å². The van der Waals surface area contributed by atoms with Crippen LogP contribution in [-0.2, 0) is 6.54 Å². The lowest BCUT2D eigenvalue weighted by Gasteiger charge is -2.06. The first-order chi connectivity index (χ1) is 8.72. The molecule has 0 aliphatic heterocycles. The average molecular weight is 252 g/mol. The van der Waals surface area contributed by atoms with Crippen molar-refractivity contribution in [3.63, 3.8) is 0 Å². The molecule has 0 radical (unpaired) electrons. The van der Waals surface area contributed by atoms with Crippen LogP contribution in [-0.4, -0.2) is 16.8 Å². The molecule has 0 atom stereocenters. The van der Waals surface area contributed by atoms with Gasteiger partial charge in [0.2, 0.25) is 5.89 Å². The Balaban J connectivity index is 2.12. The monoisotopic (exact) mass is 252 g/mol. The number of anilines is 2. The summed E-state index contributed by atoms with van der Waals surface area (Å²) in [5, 5.41) is 10.2. The van der Waals surface area contributed by atoms with Crippen molar-refractivity contribution in [2.45, 2.75) is 13.5 Å². The second kappa shape index (κ2) is 5.46. The largest absolute Gasteiger partial charge is 0.491 e. The maximum absolute atomic E-state index is 13.6. The van der Waals surface area contributed by atoms with Crippen molar-refractivity contribution in [3.05, 3.63) is 29.9 Å². The number of hydrogen-bond acceptors (Lipinski definition) is 6. The van der Waals surface area contributed by atoms with Gasteiger partial charge >= 0.3 is 6.01 Å². The van der Waals surface area contributed by atoms with Gasteiger partial charge in [-0.05, 0) is 19.1 Å². The van der Waals surface area contributed by atoms with Gasteiger partial charge in [0, 0.05) is 11.8 Å². The van der Waals surface area contributed by atoms with E-state index in [9.17, 15) is 4.39 Å². The zero-order valence-electron chi connectivity index (χ0n) is 9.81. The molecule has 7 heteroatoms. The maximum Gasteiger partial charge on any atom is 0.320 e. The van der Waals surface area contributed by atoms with Gasteiger partial charge in [0.1, 0.15) is 0 Å². The molecule has 2 rings (SSSR count). The minimum atomic E-state index is -0.458. The predicted octanol–water partition coefficient (Wildman–Crippen LogP) is 1.81. The van der Waals surface area contributed by atoms with E-state index in [2.05, 4.69) is 15.5 Å². The first-order valence-corrected chi connectivity index (χ1v) is 5.44. The van der Waals surface area contributed by atoms with Crippen LogP contribution in [0, 0.1) is 5.82 Å². The average Bonchev–Trinajstić information content (AvgIpc) is 2.80. The molecule has 0 aliphatic carbocycles. The summed E-state index contributed by atoms with van der Waals surface area (Å²) in [5.74, 6) is 0.0561. The van der Waals surface area contributed by atoms with E-state index in [0.717, 1.165) is 0 Å².